The van der Waals surface area contributed by atoms with Crippen LogP contribution < -0.4 is 4.80 Å². The van der Waals surface area contributed by atoms with Crippen LogP contribution in [0.25, 0.3) is 11.3 Å². The van der Waals surface area contributed by atoms with Gasteiger partial charge >= 0.3 is 0 Å². The van der Waals surface area contributed by atoms with Gasteiger partial charge in [0.2, 0.25) is 4.80 Å². The first kappa shape index (κ1) is 22.3. The van der Waals surface area contributed by atoms with Crippen LogP contribution in [0.2, 0.25) is 0 Å². The van der Waals surface area contributed by atoms with Crippen LogP contribution in [0.5, 0.6) is 0 Å². The molecule has 3 aromatic carbocycles. The van der Waals surface area contributed by atoms with E-state index in [9.17, 15) is 14.5 Å². The van der Waals surface area contributed by atoms with Crippen molar-refractivity contribution < 1.29 is 9.31 Å². The Morgan fingerprint density at radius 2 is 1.73 bits per heavy atom. The number of para-hydroxylation sites is 1. The normalized spacial score (nSPS) is 12.2. The molecule has 1 heterocycles. The molecule has 0 saturated heterocycles. The van der Waals surface area contributed by atoms with Gasteiger partial charge in [-0.3, -0.25) is 10.1 Å². The van der Waals surface area contributed by atoms with Gasteiger partial charge in [-0.25, -0.2) is 14.1 Å². The third-order valence-electron chi connectivity index (χ3n) is 5.21. The summed E-state index contributed by atoms with van der Waals surface area (Å²) in [4.78, 5) is 16.2. The number of benzene rings is 3. The van der Waals surface area contributed by atoms with Crippen molar-refractivity contribution >= 4 is 28.4 Å². The molecule has 6 nitrogen and oxygen atoms in total. The van der Waals surface area contributed by atoms with E-state index in [1.807, 2.05) is 37.4 Å². The van der Waals surface area contributed by atoms with Gasteiger partial charge in [-0.15, -0.1) is 11.3 Å². The summed E-state index contributed by atoms with van der Waals surface area (Å²) >= 11 is 1.35. The number of nitro groups is 1. The number of rotatable bonds is 5. The van der Waals surface area contributed by atoms with Crippen molar-refractivity contribution in [3.63, 3.8) is 0 Å². The maximum absolute atomic E-state index is 14.7. The van der Waals surface area contributed by atoms with Crippen molar-refractivity contribution in [3.8, 4) is 11.3 Å². The third kappa shape index (κ3) is 4.65. The molecule has 0 bridgehead atoms. The standard InChI is InChI=1S/C25H21FN4O2S/c1-16-8-6-9-17(2)24(16)27-25-29(23(15-33-25)21-12-4-5-13-22(21)26)28-18(3)19-10-7-11-20(14-19)30(31)32/h4-15H,1-3H3/b27-25?,28-18-. The Kier molecular flexibility index (Phi) is 6.28. The van der Waals surface area contributed by atoms with Crippen molar-refractivity contribution in [2.24, 2.45) is 10.1 Å². The highest BCUT2D eigenvalue weighted by Crippen LogP contribution is 2.26. The molecule has 0 spiro atoms. The Morgan fingerprint density at radius 1 is 1.03 bits per heavy atom. The molecule has 166 valence electrons. The van der Waals surface area contributed by atoms with E-state index >= 15 is 0 Å². The van der Waals surface area contributed by atoms with E-state index in [1.165, 1.54) is 29.5 Å². The monoisotopic (exact) mass is 460 g/mol. The number of aryl methyl sites for hydroxylation is 2. The second-order valence-electron chi connectivity index (χ2n) is 7.54. The lowest BCUT2D eigenvalue weighted by molar-refractivity contribution is -0.384. The van der Waals surface area contributed by atoms with Crippen LogP contribution in [0.1, 0.15) is 23.6 Å². The van der Waals surface area contributed by atoms with Gasteiger partial charge in [0.15, 0.2) is 0 Å². The molecular weight excluding hydrogens is 439 g/mol. The molecule has 0 amide bonds. The number of hydrogen-bond acceptors (Lipinski definition) is 5. The summed E-state index contributed by atoms with van der Waals surface area (Å²) in [6, 6.07) is 18.7. The zero-order valence-electron chi connectivity index (χ0n) is 18.3. The van der Waals surface area contributed by atoms with E-state index in [2.05, 4.69) is 0 Å². The van der Waals surface area contributed by atoms with E-state index in [0.717, 1.165) is 16.8 Å². The van der Waals surface area contributed by atoms with Gasteiger partial charge in [0.1, 0.15) is 5.82 Å². The molecule has 0 saturated carbocycles. The highest BCUT2D eigenvalue weighted by molar-refractivity contribution is 7.07. The van der Waals surface area contributed by atoms with Gasteiger partial charge in [0.25, 0.3) is 5.69 Å². The molecule has 0 unspecified atom stereocenters. The zero-order chi connectivity index (χ0) is 23.5. The Balaban J connectivity index is 1.95. The molecule has 0 aliphatic carbocycles. The second kappa shape index (κ2) is 9.30. The number of non-ortho nitro benzene ring substituents is 1. The van der Waals surface area contributed by atoms with Crippen LogP contribution in [-0.2, 0) is 0 Å². The fraction of sp³-hybridized carbons (Fsp3) is 0.120. The fourth-order valence-corrected chi connectivity index (χ4v) is 4.29. The van der Waals surface area contributed by atoms with Crippen LogP contribution in [0.3, 0.4) is 0 Å². The molecule has 1 aromatic heterocycles. The first-order chi connectivity index (χ1) is 15.8. The maximum atomic E-state index is 14.7. The number of thiazole rings is 1. The van der Waals surface area contributed by atoms with Crippen molar-refractivity contribution in [2.75, 3.05) is 0 Å². The molecule has 0 aliphatic rings. The van der Waals surface area contributed by atoms with Gasteiger partial charge in [-0.1, -0.05) is 42.5 Å². The van der Waals surface area contributed by atoms with Gasteiger partial charge in [-0.2, -0.15) is 5.10 Å². The maximum Gasteiger partial charge on any atom is 0.270 e. The van der Waals surface area contributed by atoms with Crippen LogP contribution in [0, 0.1) is 29.8 Å². The highest BCUT2D eigenvalue weighted by atomic mass is 32.1. The van der Waals surface area contributed by atoms with Crippen molar-refractivity contribution in [2.45, 2.75) is 20.8 Å². The zero-order valence-corrected chi connectivity index (χ0v) is 19.1. The lowest BCUT2D eigenvalue weighted by atomic mass is 10.1. The predicted octanol–water partition coefficient (Wildman–Crippen LogP) is 6.39. The van der Waals surface area contributed by atoms with E-state index in [0.29, 0.717) is 27.3 Å². The van der Waals surface area contributed by atoms with E-state index in [1.54, 1.807) is 41.9 Å². The molecule has 0 aliphatic heterocycles. The van der Waals surface area contributed by atoms with Crippen molar-refractivity contribution in [3.05, 3.63) is 110 Å². The minimum Gasteiger partial charge on any atom is -0.258 e. The Morgan fingerprint density at radius 3 is 2.42 bits per heavy atom. The molecule has 0 atom stereocenters. The van der Waals surface area contributed by atoms with Gasteiger partial charge in [0.05, 0.1) is 22.0 Å². The van der Waals surface area contributed by atoms with Crippen molar-refractivity contribution in [1.82, 2.24) is 4.68 Å². The Bertz CT molecular complexity index is 1430. The molecule has 4 rings (SSSR count). The van der Waals surface area contributed by atoms with Crippen molar-refractivity contribution in [1.29, 1.82) is 0 Å². The molecule has 0 radical (unpaired) electrons. The van der Waals surface area contributed by atoms with Gasteiger partial charge < -0.3 is 0 Å². The summed E-state index contributed by atoms with van der Waals surface area (Å²) in [6.45, 7) is 5.73. The molecule has 33 heavy (non-hydrogen) atoms. The molecule has 0 N–H and O–H groups in total. The second-order valence-corrected chi connectivity index (χ2v) is 8.38. The predicted molar refractivity (Wildman–Crippen MR) is 130 cm³/mol. The Labute approximate surface area is 194 Å². The van der Waals surface area contributed by atoms with Crippen LogP contribution in [0.4, 0.5) is 15.8 Å². The number of nitrogens with zero attached hydrogens (tertiary/aromatic N) is 4. The summed E-state index contributed by atoms with van der Waals surface area (Å²) in [5.74, 6) is -0.370. The Hall–Kier alpha value is -3.91. The summed E-state index contributed by atoms with van der Waals surface area (Å²) in [5, 5.41) is 17.7. The average molecular weight is 461 g/mol. The highest BCUT2D eigenvalue weighted by Gasteiger charge is 2.14. The van der Waals surface area contributed by atoms with E-state index in [4.69, 9.17) is 10.1 Å². The minimum absolute atomic E-state index is 0.0212. The smallest absolute Gasteiger partial charge is 0.258 e. The number of halogens is 1. The molecule has 8 heteroatoms. The SMILES string of the molecule is C/C(=N/n1c(-c2ccccc2F)csc1=Nc1c(C)cccc1C)c1cccc([N+](=O)[O-])c1. The van der Waals surface area contributed by atoms with Gasteiger partial charge in [0, 0.05) is 28.6 Å². The largest absolute Gasteiger partial charge is 0.270 e. The first-order valence-corrected chi connectivity index (χ1v) is 11.1. The summed E-state index contributed by atoms with van der Waals surface area (Å²) in [7, 11) is 0. The van der Waals surface area contributed by atoms with Gasteiger partial charge in [-0.05, 0) is 44.0 Å². The molecule has 0 fully saturated rings. The van der Waals surface area contributed by atoms with Crippen LogP contribution in [-0.4, -0.2) is 15.3 Å². The molecule has 4 aromatic rings. The van der Waals surface area contributed by atoms with E-state index < -0.39 is 4.92 Å². The fourth-order valence-electron chi connectivity index (χ4n) is 3.46. The summed E-state index contributed by atoms with van der Waals surface area (Å²) < 4.78 is 16.3. The lowest BCUT2D eigenvalue weighted by Gasteiger charge is -2.08. The lowest BCUT2D eigenvalue weighted by Crippen LogP contribution is -2.14. The number of aromatic nitrogens is 1. The van der Waals surface area contributed by atoms with Crippen LogP contribution in [0.15, 0.2) is 82.2 Å². The quantitative estimate of drug-likeness (QED) is 0.197. The topological polar surface area (TPSA) is 72.8 Å². The summed E-state index contributed by atoms with van der Waals surface area (Å²) in [6.07, 6.45) is 0. The summed E-state index contributed by atoms with van der Waals surface area (Å²) in [5.41, 5.74) is 4.92. The van der Waals surface area contributed by atoms with E-state index in [-0.39, 0.29) is 11.5 Å². The number of nitro benzene ring substituents is 1. The molecular formula is C25H21FN4O2S. The average Bonchev–Trinajstić information content (AvgIpc) is 3.18. The van der Waals surface area contributed by atoms with Crippen LogP contribution >= 0.6 is 11.3 Å². The first-order valence-electron chi connectivity index (χ1n) is 10.2. The minimum atomic E-state index is -0.443. The third-order valence-corrected chi connectivity index (χ3v) is 6.02. The number of hydrogen-bond donors (Lipinski definition) is 0.